The Morgan fingerprint density at radius 3 is 2.50 bits per heavy atom. The molecule has 28 heavy (non-hydrogen) atoms. The Bertz CT molecular complexity index is 920. The molecule has 1 heterocycles. The lowest BCUT2D eigenvalue weighted by Gasteiger charge is -2.25. The van der Waals surface area contributed by atoms with Gasteiger partial charge in [0.05, 0.1) is 17.1 Å². The van der Waals surface area contributed by atoms with E-state index in [1.165, 1.54) is 18.2 Å². The van der Waals surface area contributed by atoms with Crippen LogP contribution in [0.4, 0.5) is 4.79 Å². The summed E-state index contributed by atoms with van der Waals surface area (Å²) in [5.74, 6) is -1.02. The molecule has 8 heteroatoms. The van der Waals surface area contributed by atoms with E-state index in [1.807, 2.05) is 25.1 Å². The maximum absolute atomic E-state index is 13.0. The summed E-state index contributed by atoms with van der Waals surface area (Å²) in [5.41, 5.74) is -0.235. The van der Waals surface area contributed by atoms with Crippen LogP contribution in [-0.2, 0) is 15.1 Å². The van der Waals surface area contributed by atoms with Crippen molar-refractivity contribution in [2.24, 2.45) is 0 Å². The number of urea groups is 1. The van der Waals surface area contributed by atoms with Gasteiger partial charge in [0.2, 0.25) is 0 Å². The van der Waals surface area contributed by atoms with Gasteiger partial charge in [0.25, 0.3) is 5.91 Å². The molecule has 3 rings (SSSR count). The molecule has 0 spiro atoms. The molecular formula is C20H18Cl2N2O4. The number of esters is 1. The number of amides is 3. The van der Waals surface area contributed by atoms with Gasteiger partial charge < -0.3 is 10.1 Å². The largest absolute Gasteiger partial charge is 0.460 e. The third-order valence-corrected chi connectivity index (χ3v) is 5.22. The van der Waals surface area contributed by atoms with Crippen molar-refractivity contribution in [2.75, 3.05) is 13.2 Å². The Morgan fingerprint density at radius 2 is 1.86 bits per heavy atom. The van der Waals surface area contributed by atoms with Crippen LogP contribution in [0.25, 0.3) is 0 Å². The number of carbonyl (C=O) groups is 3. The number of nitrogens with zero attached hydrogens (tertiary/aromatic N) is 1. The van der Waals surface area contributed by atoms with Gasteiger partial charge in [-0.15, -0.1) is 0 Å². The SMILES string of the molecule is CCC1(c2ccccc2)NC(=O)N(CCOC(=O)c2ccc(Cl)cc2Cl)C1=O. The molecule has 6 nitrogen and oxygen atoms in total. The standard InChI is InChI=1S/C20H18Cl2N2O4/c1-2-20(13-6-4-3-5-7-13)18(26)24(19(27)23-20)10-11-28-17(25)15-9-8-14(21)12-16(15)22/h3-9,12H,2,10-11H2,1H3,(H,23,27). The second-order valence-corrected chi connectivity index (χ2v) is 7.12. The fraction of sp³-hybridized carbons (Fsp3) is 0.250. The van der Waals surface area contributed by atoms with E-state index in [4.69, 9.17) is 27.9 Å². The topological polar surface area (TPSA) is 75.7 Å². The third kappa shape index (κ3) is 3.70. The van der Waals surface area contributed by atoms with Crippen molar-refractivity contribution in [1.29, 1.82) is 0 Å². The molecule has 1 N–H and O–H groups in total. The molecule has 1 fully saturated rings. The molecule has 1 saturated heterocycles. The zero-order valence-corrected chi connectivity index (χ0v) is 16.6. The molecule has 0 aromatic heterocycles. The summed E-state index contributed by atoms with van der Waals surface area (Å²) < 4.78 is 5.17. The van der Waals surface area contributed by atoms with Crippen LogP contribution in [0.2, 0.25) is 10.0 Å². The van der Waals surface area contributed by atoms with Crippen LogP contribution >= 0.6 is 23.2 Å². The lowest BCUT2D eigenvalue weighted by Crippen LogP contribution is -2.43. The Morgan fingerprint density at radius 1 is 1.14 bits per heavy atom. The second-order valence-electron chi connectivity index (χ2n) is 6.27. The molecule has 146 valence electrons. The summed E-state index contributed by atoms with van der Waals surface area (Å²) in [5, 5.41) is 3.35. The number of hydrogen-bond donors (Lipinski definition) is 1. The summed E-state index contributed by atoms with van der Waals surface area (Å²) in [6, 6.07) is 13.0. The fourth-order valence-electron chi connectivity index (χ4n) is 3.15. The average Bonchev–Trinajstić information content (AvgIpc) is 2.93. The second kappa shape index (κ2) is 8.20. The lowest BCUT2D eigenvalue weighted by atomic mass is 9.87. The van der Waals surface area contributed by atoms with Gasteiger partial charge in [-0.3, -0.25) is 9.69 Å². The summed E-state index contributed by atoms with van der Waals surface area (Å²) in [7, 11) is 0. The van der Waals surface area contributed by atoms with Crippen molar-refractivity contribution in [2.45, 2.75) is 18.9 Å². The van der Waals surface area contributed by atoms with Crippen molar-refractivity contribution in [3.63, 3.8) is 0 Å². The zero-order valence-electron chi connectivity index (χ0n) is 15.1. The van der Waals surface area contributed by atoms with E-state index in [2.05, 4.69) is 5.32 Å². The minimum atomic E-state index is -1.11. The van der Waals surface area contributed by atoms with E-state index in [0.29, 0.717) is 17.0 Å². The Labute approximate surface area is 172 Å². The molecule has 2 aromatic carbocycles. The number of rotatable bonds is 6. The maximum atomic E-state index is 13.0. The Balaban J connectivity index is 1.67. The minimum Gasteiger partial charge on any atom is -0.460 e. The molecule has 1 unspecified atom stereocenters. The van der Waals surface area contributed by atoms with Gasteiger partial charge in [-0.1, -0.05) is 60.5 Å². The van der Waals surface area contributed by atoms with Crippen LogP contribution < -0.4 is 5.32 Å². The first-order valence-electron chi connectivity index (χ1n) is 8.71. The number of hydrogen-bond acceptors (Lipinski definition) is 4. The molecule has 3 amide bonds. The zero-order chi connectivity index (χ0) is 20.3. The molecular weight excluding hydrogens is 403 g/mol. The summed E-state index contributed by atoms with van der Waals surface area (Å²) in [6.07, 6.45) is 0.401. The highest BCUT2D eigenvalue weighted by molar-refractivity contribution is 6.36. The van der Waals surface area contributed by atoms with Crippen LogP contribution in [0.3, 0.4) is 0 Å². The fourth-order valence-corrected chi connectivity index (χ4v) is 3.64. The molecule has 2 aromatic rings. The van der Waals surface area contributed by atoms with Crippen LogP contribution in [0.5, 0.6) is 0 Å². The predicted molar refractivity (Wildman–Crippen MR) is 105 cm³/mol. The predicted octanol–water partition coefficient (Wildman–Crippen LogP) is 4.01. The van der Waals surface area contributed by atoms with Crippen molar-refractivity contribution >= 4 is 41.1 Å². The van der Waals surface area contributed by atoms with Crippen molar-refractivity contribution < 1.29 is 19.1 Å². The monoisotopic (exact) mass is 420 g/mol. The van der Waals surface area contributed by atoms with Gasteiger partial charge in [0.1, 0.15) is 12.1 Å². The van der Waals surface area contributed by atoms with Gasteiger partial charge >= 0.3 is 12.0 Å². The van der Waals surface area contributed by atoms with Gasteiger partial charge in [-0.25, -0.2) is 9.59 Å². The first-order chi connectivity index (χ1) is 13.4. The van der Waals surface area contributed by atoms with Gasteiger partial charge in [-0.2, -0.15) is 0 Å². The molecule has 0 bridgehead atoms. The Hall–Kier alpha value is -2.57. The molecule has 1 atom stereocenters. The van der Waals surface area contributed by atoms with Crippen molar-refractivity contribution in [1.82, 2.24) is 10.2 Å². The highest BCUT2D eigenvalue weighted by Gasteiger charge is 2.50. The van der Waals surface area contributed by atoms with E-state index in [-0.39, 0.29) is 29.6 Å². The van der Waals surface area contributed by atoms with Crippen LogP contribution in [0, 0.1) is 0 Å². The summed E-state index contributed by atoms with van der Waals surface area (Å²) in [6.45, 7) is 1.62. The van der Waals surface area contributed by atoms with E-state index >= 15 is 0 Å². The normalized spacial score (nSPS) is 18.9. The average molecular weight is 421 g/mol. The van der Waals surface area contributed by atoms with E-state index in [1.54, 1.807) is 12.1 Å². The molecule has 1 aliphatic rings. The number of nitrogens with one attached hydrogen (secondary N) is 1. The number of halogens is 2. The smallest absolute Gasteiger partial charge is 0.339 e. The first-order valence-corrected chi connectivity index (χ1v) is 9.46. The molecule has 0 aliphatic carbocycles. The minimum absolute atomic E-state index is 0.0593. The number of imide groups is 1. The number of benzene rings is 2. The van der Waals surface area contributed by atoms with Gasteiger partial charge in [0.15, 0.2) is 0 Å². The third-order valence-electron chi connectivity index (χ3n) is 4.67. The molecule has 0 radical (unpaired) electrons. The van der Waals surface area contributed by atoms with E-state index in [0.717, 1.165) is 4.90 Å². The summed E-state index contributed by atoms with van der Waals surface area (Å²) >= 11 is 11.8. The Kier molecular flexibility index (Phi) is 5.91. The number of carbonyl (C=O) groups excluding carboxylic acids is 3. The quantitative estimate of drug-likeness (QED) is 0.565. The van der Waals surface area contributed by atoms with Crippen LogP contribution in [0.15, 0.2) is 48.5 Å². The summed E-state index contributed by atoms with van der Waals surface area (Å²) in [4.78, 5) is 38.6. The van der Waals surface area contributed by atoms with E-state index in [9.17, 15) is 14.4 Å². The molecule has 1 aliphatic heterocycles. The van der Waals surface area contributed by atoms with E-state index < -0.39 is 17.5 Å². The number of ether oxygens (including phenoxy) is 1. The van der Waals surface area contributed by atoms with Crippen LogP contribution in [0.1, 0.15) is 29.3 Å². The van der Waals surface area contributed by atoms with Crippen molar-refractivity contribution in [3.8, 4) is 0 Å². The maximum Gasteiger partial charge on any atom is 0.339 e. The highest BCUT2D eigenvalue weighted by atomic mass is 35.5. The lowest BCUT2D eigenvalue weighted by molar-refractivity contribution is -0.132. The van der Waals surface area contributed by atoms with Crippen molar-refractivity contribution in [3.05, 3.63) is 69.7 Å². The van der Waals surface area contributed by atoms with Crippen LogP contribution in [-0.4, -0.2) is 36.0 Å². The highest BCUT2D eigenvalue weighted by Crippen LogP contribution is 2.32. The van der Waals surface area contributed by atoms with Gasteiger partial charge in [0, 0.05) is 5.02 Å². The first kappa shape index (κ1) is 20.2. The molecule has 0 saturated carbocycles. The van der Waals surface area contributed by atoms with Gasteiger partial charge in [-0.05, 0) is 30.2 Å².